The van der Waals surface area contributed by atoms with E-state index in [2.05, 4.69) is 10.3 Å². The summed E-state index contributed by atoms with van der Waals surface area (Å²) >= 11 is 1.45. The van der Waals surface area contributed by atoms with Gasteiger partial charge in [0.25, 0.3) is 0 Å². The number of nitrogens with zero attached hydrogens (tertiary/aromatic N) is 1. The molecule has 0 aromatic heterocycles. The van der Waals surface area contributed by atoms with Crippen molar-refractivity contribution in [3.05, 3.63) is 0 Å². The highest BCUT2D eigenvalue weighted by atomic mass is 32.2. The maximum atomic E-state index is 13.0. The number of rotatable bonds is 9. The van der Waals surface area contributed by atoms with Crippen LogP contribution in [0.1, 0.15) is 74.1 Å². The molecule has 0 aromatic rings. The third-order valence-electron chi connectivity index (χ3n) is 5.67. The third-order valence-corrected chi connectivity index (χ3v) is 9.09. The van der Waals surface area contributed by atoms with Gasteiger partial charge >= 0.3 is 0 Å². The minimum atomic E-state index is -1.36. The summed E-state index contributed by atoms with van der Waals surface area (Å²) in [5.41, 5.74) is -0.317. The summed E-state index contributed by atoms with van der Waals surface area (Å²) in [6.45, 7) is 14.2. The molecule has 4 unspecified atom stereocenters. The molecule has 170 valence electrons. The van der Waals surface area contributed by atoms with E-state index in [-0.39, 0.29) is 35.3 Å². The normalized spacial score (nSPS) is 22.1. The second-order valence-corrected chi connectivity index (χ2v) is 12.4. The van der Waals surface area contributed by atoms with Crippen LogP contribution < -0.4 is 5.32 Å². The van der Waals surface area contributed by atoms with E-state index in [0.717, 1.165) is 25.7 Å². The second-order valence-electron chi connectivity index (χ2n) is 9.06. The van der Waals surface area contributed by atoms with Crippen LogP contribution in [0, 0.1) is 5.41 Å². The van der Waals surface area contributed by atoms with E-state index in [4.69, 9.17) is 4.74 Å². The van der Waals surface area contributed by atoms with Crippen molar-refractivity contribution in [3.63, 3.8) is 0 Å². The van der Waals surface area contributed by atoms with Crippen LogP contribution in [-0.2, 0) is 20.3 Å². The number of amidine groups is 1. The molecule has 1 fully saturated rings. The average Bonchev–Trinajstić information content (AvgIpc) is 2.68. The molecule has 0 spiro atoms. The molecule has 1 rings (SSSR count). The van der Waals surface area contributed by atoms with Crippen LogP contribution in [0.5, 0.6) is 0 Å². The van der Waals surface area contributed by atoms with Crippen LogP contribution in [-0.4, -0.2) is 61.5 Å². The number of carbonyl (C=O) groups excluding carboxylic acids is 1. The Morgan fingerprint density at radius 3 is 2.48 bits per heavy atom. The fourth-order valence-corrected chi connectivity index (χ4v) is 4.90. The van der Waals surface area contributed by atoms with Crippen molar-refractivity contribution in [2.75, 3.05) is 19.0 Å². The van der Waals surface area contributed by atoms with E-state index in [9.17, 15) is 14.1 Å². The van der Waals surface area contributed by atoms with Crippen molar-refractivity contribution < 1.29 is 18.8 Å². The lowest BCUT2D eigenvalue weighted by atomic mass is 9.91. The summed E-state index contributed by atoms with van der Waals surface area (Å²) in [4.78, 5) is 17.7. The first-order chi connectivity index (χ1) is 13.4. The molecular formula is C21H40N2O4S2. The topological polar surface area (TPSA) is 88.0 Å². The third kappa shape index (κ3) is 8.31. The van der Waals surface area contributed by atoms with Gasteiger partial charge in [0.15, 0.2) is 5.17 Å². The number of hydrogen-bond donors (Lipinski definition) is 2. The molecule has 4 atom stereocenters. The zero-order valence-electron chi connectivity index (χ0n) is 19.1. The van der Waals surface area contributed by atoms with Crippen molar-refractivity contribution >= 4 is 33.6 Å². The van der Waals surface area contributed by atoms with E-state index in [1.807, 2.05) is 34.6 Å². The van der Waals surface area contributed by atoms with E-state index in [1.165, 1.54) is 11.8 Å². The molecule has 0 bridgehead atoms. The minimum Gasteiger partial charge on any atom is -0.396 e. The Morgan fingerprint density at radius 2 is 1.97 bits per heavy atom. The number of carbonyl (C=O) groups is 1. The standard InChI is InChI=1S/C21H40N2O4S2/c1-8-15(2)22-19(28-16(3)20(4,5)14-24)23-18(25)21(6,7)29(26)13-17-11-9-10-12-27-17/h15-17,24H,8-14H2,1-7H3,(H,22,23,25). The van der Waals surface area contributed by atoms with Crippen LogP contribution in [0.3, 0.4) is 0 Å². The van der Waals surface area contributed by atoms with Gasteiger partial charge < -0.3 is 15.2 Å². The number of aliphatic imine (C=N–C) groups is 1. The van der Waals surface area contributed by atoms with Crippen LogP contribution in [0.15, 0.2) is 4.99 Å². The van der Waals surface area contributed by atoms with Crippen LogP contribution >= 0.6 is 11.8 Å². The van der Waals surface area contributed by atoms with E-state index in [0.29, 0.717) is 17.5 Å². The quantitative estimate of drug-likeness (QED) is 0.416. The Bertz CT molecular complexity index is 587. The van der Waals surface area contributed by atoms with Gasteiger partial charge in [0.05, 0.1) is 11.9 Å². The largest absolute Gasteiger partial charge is 0.396 e. The van der Waals surface area contributed by atoms with Gasteiger partial charge in [0, 0.05) is 35.3 Å². The van der Waals surface area contributed by atoms with Crippen LogP contribution in [0.4, 0.5) is 0 Å². The van der Waals surface area contributed by atoms with Gasteiger partial charge in [0.1, 0.15) is 4.75 Å². The summed E-state index contributed by atoms with van der Waals surface area (Å²) in [5, 5.41) is 13.1. The van der Waals surface area contributed by atoms with Crippen LogP contribution in [0.25, 0.3) is 0 Å². The van der Waals surface area contributed by atoms with Crippen molar-refractivity contribution in [1.82, 2.24) is 5.32 Å². The fraction of sp³-hybridized carbons (Fsp3) is 0.905. The molecule has 0 aliphatic carbocycles. The highest BCUT2D eigenvalue weighted by Gasteiger charge is 2.37. The molecule has 1 heterocycles. The number of nitrogens with one attached hydrogen (secondary N) is 1. The lowest BCUT2D eigenvalue weighted by Crippen LogP contribution is -2.49. The van der Waals surface area contributed by atoms with E-state index < -0.39 is 15.5 Å². The molecule has 1 aliphatic rings. The maximum absolute atomic E-state index is 13.0. The van der Waals surface area contributed by atoms with Crippen molar-refractivity contribution in [2.24, 2.45) is 10.4 Å². The smallest absolute Gasteiger partial charge is 0.244 e. The summed E-state index contributed by atoms with van der Waals surface area (Å²) in [7, 11) is -1.36. The Labute approximate surface area is 183 Å². The van der Waals surface area contributed by atoms with E-state index >= 15 is 0 Å². The maximum Gasteiger partial charge on any atom is 0.244 e. The molecular weight excluding hydrogens is 408 g/mol. The molecule has 2 N–H and O–H groups in total. The van der Waals surface area contributed by atoms with E-state index in [1.54, 1.807) is 13.8 Å². The fourth-order valence-electron chi connectivity index (χ4n) is 2.51. The van der Waals surface area contributed by atoms with Gasteiger partial charge in [-0.3, -0.25) is 14.0 Å². The Kier molecular flexibility index (Phi) is 10.8. The molecule has 8 heteroatoms. The summed E-state index contributed by atoms with van der Waals surface area (Å²) in [6, 6.07) is 0.0616. The summed E-state index contributed by atoms with van der Waals surface area (Å²) in [5.74, 6) is 0.0782. The van der Waals surface area contributed by atoms with Crippen molar-refractivity contribution in [1.29, 1.82) is 0 Å². The SMILES string of the molecule is CCC(C)N=C(NC(=O)C(C)(C)S(=O)CC1CCCCO1)SC(C)C(C)(C)CO. The zero-order valence-corrected chi connectivity index (χ0v) is 20.8. The predicted octanol–water partition coefficient (Wildman–Crippen LogP) is 3.49. The van der Waals surface area contributed by atoms with Crippen LogP contribution in [0.2, 0.25) is 0 Å². The Hall–Kier alpha value is -0.440. The molecule has 0 radical (unpaired) electrons. The van der Waals surface area contributed by atoms with Gasteiger partial charge in [-0.2, -0.15) is 0 Å². The number of aliphatic hydroxyl groups is 1. The predicted molar refractivity (Wildman–Crippen MR) is 124 cm³/mol. The first-order valence-corrected chi connectivity index (χ1v) is 12.8. The van der Waals surface area contributed by atoms with Gasteiger partial charge in [-0.05, 0) is 51.9 Å². The lowest BCUT2D eigenvalue weighted by Gasteiger charge is -2.31. The highest BCUT2D eigenvalue weighted by Crippen LogP contribution is 2.31. The van der Waals surface area contributed by atoms with Gasteiger partial charge in [-0.1, -0.05) is 39.5 Å². The molecule has 0 aromatic carbocycles. The second kappa shape index (κ2) is 11.8. The molecule has 1 amide bonds. The monoisotopic (exact) mass is 448 g/mol. The molecule has 0 saturated carbocycles. The summed E-state index contributed by atoms with van der Waals surface area (Å²) in [6.07, 6.45) is 3.83. The Morgan fingerprint density at radius 1 is 1.31 bits per heavy atom. The highest BCUT2D eigenvalue weighted by molar-refractivity contribution is 8.14. The molecule has 6 nitrogen and oxygen atoms in total. The average molecular weight is 449 g/mol. The number of ether oxygens (including phenoxy) is 1. The van der Waals surface area contributed by atoms with Crippen molar-refractivity contribution in [2.45, 2.75) is 96.3 Å². The number of aliphatic hydroxyl groups excluding tert-OH is 1. The molecule has 29 heavy (non-hydrogen) atoms. The number of thioether (sulfide) groups is 1. The first-order valence-electron chi connectivity index (χ1n) is 10.6. The molecule has 1 saturated heterocycles. The lowest BCUT2D eigenvalue weighted by molar-refractivity contribution is -0.121. The van der Waals surface area contributed by atoms with Gasteiger partial charge in [-0.15, -0.1) is 0 Å². The molecule has 1 aliphatic heterocycles. The van der Waals surface area contributed by atoms with Crippen molar-refractivity contribution in [3.8, 4) is 0 Å². The summed E-state index contributed by atoms with van der Waals surface area (Å²) < 4.78 is 17.6. The zero-order chi connectivity index (χ0) is 22.2. The van der Waals surface area contributed by atoms with Gasteiger partial charge in [-0.25, -0.2) is 0 Å². The number of amides is 1. The first kappa shape index (κ1) is 26.6. The Balaban J connectivity index is 2.88. The van der Waals surface area contributed by atoms with Gasteiger partial charge in [0.2, 0.25) is 5.91 Å². The number of hydrogen-bond acceptors (Lipinski definition) is 6. The minimum absolute atomic E-state index is 0.0374.